The van der Waals surface area contributed by atoms with E-state index < -0.39 is 36.0 Å². The molecule has 1 saturated heterocycles. The number of carbonyl (C=O) groups is 2. The van der Waals surface area contributed by atoms with Crippen LogP contribution in [0.1, 0.15) is 97.1 Å². The van der Waals surface area contributed by atoms with Gasteiger partial charge in [0.25, 0.3) is 0 Å². The van der Waals surface area contributed by atoms with Crippen LogP contribution < -0.4 is 0 Å². The summed E-state index contributed by atoms with van der Waals surface area (Å²) in [5.74, 6) is -0.630. The maximum Gasteiger partial charge on any atom is 0.410 e. The fourth-order valence-electron chi connectivity index (χ4n) is 6.87. The maximum atomic E-state index is 13.4. The van der Waals surface area contributed by atoms with Crippen molar-refractivity contribution in [1.82, 2.24) is 14.8 Å². The number of pyridine rings is 1. The lowest BCUT2D eigenvalue weighted by Gasteiger charge is -2.40. The molecule has 0 radical (unpaired) electrons. The van der Waals surface area contributed by atoms with Crippen molar-refractivity contribution in [2.24, 2.45) is 5.92 Å². The molecule has 3 aliphatic rings. The van der Waals surface area contributed by atoms with E-state index >= 15 is 0 Å². The molecule has 0 bridgehead atoms. The number of esters is 1. The average Bonchev–Trinajstić information content (AvgIpc) is 3.37. The lowest BCUT2D eigenvalue weighted by Crippen LogP contribution is -2.53. The number of aliphatic hydroxyl groups excluding tert-OH is 1. The van der Waals surface area contributed by atoms with Gasteiger partial charge in [0, 0.05) is 55.9 Å². The summed E-state index contributed by atoms with van der Waals surface area (Å²) in [5, 5.41) is 22.2. The predicted molar refractivity (Wildman–Crippen MR) is 188 cm³/mol. The monoisotopic (exact) mass is 663 g/mol. The van der Waals surface area contributed by atoms with E-state index in [2.05, 4.69) is 22.9 Å². The SMILES string of the molecule is C\C(=C/C=C/C=C/C(C)c1ccccn1)C1OC(=O)CC(O)CC[C@@](C)(O)[C@@H](OC(=O)N2CCN(C3CCCCCC3)CC2)/C=C/C1C. The van der Waals surface area contributed by atoms with E-state index in [1.54, 1.807) is 24.1 Å². The van der Waals surface area contributed by atoms with Gasteiger partial charge < -0.3 is 24.6 Å². The lowest BCUT2D eigenvalue weighted by molar-refractivity contribution is -0.151. The summed E-state index contributed by atoms with van der Waals surface area (Å²) in [6, 6.07) is 6.47. The van der Waals surface area contributed by atoms with Gasteiger partial charge in [-0.25, -0.2) is 4.79 Å². The number of allylic oxidation sites excluding steroid dienone is 5. The summed E-state index contributed by atoms with van der Waals surface area (Å²) in [6.45, 7) is 10.4. The van der Waals surface area contributed by atoms with E-state index in [0.717, 1.165) is 24.4 Å². The lowest BCUT2D eigenvalue weighted by atomic mass is 9.89. The summed E-state index contributed by atoms with van der Waals surface area (Å²) in [5.41, 5.74) is 0.369. The number of carbonyl (C=O) groups excluding carboxylic acids is 2. The van der Waals surface area contributed by atoms with E-state index in [1.807, 2.05) is 62.4 Å². The van der Waals surface area contributed by atoms with Crippen molar-refractivity contribution in [3.05, 3.63) is 78.2 Å². The van der Waals surface area contributed by atoms with Crippen molar-refractivity contribution in [2.45, 2.75) is 121 Å². The highest BCUT2D eigenvalue weighted by Crippen LogP contribution is 2.28. The van der Waals surface area contributed by atoms with Gasteiger partial charge in [-0.3, -0.25) is 14.7 Å². The predicted octanol–water partition coefficient (Wildman–Crippen LogP) is 6.49. The smallest absolute Gasteiger partial charge is 0.410 e. The Labute approximate surface area is 287 Å². The Kier molecular flexibility index (Phi) is 14.5. The first-order chi connectivity index (χ1) is 23.0. The van der Waals surface area contributed by atoms with E-state index in [4.69, 9.17) is 9.47 Å². The molecule has 48 heavy (non-hydrogen) atoms. The van der Waals surface area contributed by atoms with Crippen LogP contribution in [0, 0.1) is 5.92 Å². The first kappa shape index (κ1) is 37.5. The molecule has 1 aromatic rings. The molecule has 0 aromatic carbocycles. The van der Waals surface area contributed by atoms with Crippen LogP contribution in [0.5, 0.6) is 0 Å². The van der Waals surface area contributed by atoms with E-state index in [-0.39, 0.29) is 31.1 Å². The molecule has 3 heterocycles. The number of cyclic esters (lactones) is 1. The van der Waals surface area contributed by atoms with Gasteiger partial charge in [0.2, 0.25) is 0 Å². The molecule has 0 spiro atoms. The number of nitrogens with zero attached hydrogens (tertiary/aromatic N) is 3. The normalized spacial score (nSPS) is 30.7. The molecule has 2 aliphatic heterocycles. The van der Waals surface area contributed by atoms with Crippen LogP contribution in [0.3, 0.4) is 0 Å². The Morgan fingerprint density at radius 3 is 2.48 bits per heavy atom. The minimum Gasteiger partial charge on any atom is -0.457 e. The Balaban J connectivity index is 1.43. The van der Waals surface area contributed by atoms with Crippen LogP contribution in [0.2, 0.25) is 0 Å². The molecule has 2 N–H and O–H groups in total. The topological polar surface area (TPSA) is 112 Å². The molecule has 9 heteroatoms. The van der Waals surface area contributed by atoms with E-state index in [1.165, 1.54) is 38.5 Å². The van der Waals surface area contributed by atoms with E-state index in [9.17, 15) is 19.8 Å². The van der Waals surface area contributed by atoms with Gasteiger partial charge >= 0.3 is 12.1 Å². The molecular weight excluding hydrogens is 606 g/mol. The second-order valence-corrected chi connectivity index (χ2v) is 14.1. The first-order valence-electron chi connectivity index (χ1n) is 17.9. The Bertz CT molecular complexity index is 1280. The summed E-state index contributed by atoms with van der Waals surface area (Å²) < 4.78 is 11.9. The van der Waals surface area contributed by atoms with Gasteiger partial charge in [0.05, 0.1) is 12.5 Å². The standard InChI is InChI=1S/C39H57N3O6/c1-29(34-18-12-13-23-40-34)14-8-7-9-15-30(2)37-31(3)19-20-35(39(4,46)22-21-33(43)28-36(44)48-37)47-38(45)42-26-24-41(25-27-42)32-16-10-5-6-11-17-32/h7-9,12-15,18-20,23,29,31-33,35,37,43,46H,5-6,10-11,16-17,21-22,24-28H2,1-4H3/b9-7+,14-8+,20-19+,30-15+/t29?,31?,33?,35-,37?,39+/m0/s1. The molecule has 6 atom stereocenters. The molecular formula is C39H57N3O6. The van der Waals surface area contributed by atoms with Crippen LogP contribution in [0.15, 0.2) is 72.5 Å². The molecule has 1 aliphatic carbocycles. The van der Waals surface area contributed by atoms with Crippen LogP contribution in [-0.4, -0.2) is 93.2 Å². The molecule has 264 valence electrons. The average molecular weight is 664 g/mol. The minimum atomic E-state index is -1.44. The van der Waals surface area contributed by atoms with Crippen molar-refractivity contribution < 1.29 is 29.3 Å². The largest absolute Gasteiger partial charge is 0.457 e. The quantitative estimate of drug-likeness (QED) is 0.147. The number of piperazine rings is 1. The molecule has 2 fully saturated rings. The zero-order chi connectivity index (χ0) is 34.5. The van der Waals surface area contributed by atoms with Crippen LogP contribution in [0.4, 0.5) is 4.79 Å². The summed E-state index contributed by atoms with van der Waals surface area (Å²) >= 11 is 0. The third-order valence-corrected chi connectivity index (χ3v) is 10.0. The Morgan fingerprint density at radius 2 is 1.79 bits per heavy atom. The molecule has 1 aromatic heterocycles. The van der Waals surface area contributed by atoms with Crippen molar-refractivity contribution in [2.75, 3.05) is 26.2 Å². The van der Waals surface area contributed by atoms with Crippen molar-refractivity contribution >= 4 is 12.1 Å². The summed E-state index contributed by atoms with van der Waals surface area (Å²) in [4.78, 5) is 34.9. The second-order valence-electron chi connectivity index (χ2n) is 14.1. The van der Waals surface area contributed by atoms with Crippen LogP contribution >= 0.6 is 0 Å². The first-order valence-corrected chi connectivity index (χ1v) is 17.9. The number of aliphatic hydroxyl groups is 2. The van der Waals surface area contributed by atoms with Crippen molar-refractivity contribution in [1.29, 1.82) is 0 Å². The van der Waals surface area contributed by atoms with Gasteiger partial charge in [0.15, 0.2) is 6.10 Å². The maximum absolute atomic E-state index is 13.4. The number of hydrogen-bond donors (Lipinski definition) is 2. The van der Waals surface area contributed by atoms with Crippen LogP contribution in [-0.2, 0) is 14.3 Å². The highest BCUT2D eigenvalue weighted by Gasteiger charge is 2.37. The van der Waals surface area contributed by atoms with Crippen molar-refractivity contribution in [3.63, 3.8) is 0 Å². The zero-order valence-corrected chi connectivity index (χ0v) is 29.4. The number of rotatable bonds is 7. The number of ether oxygens (including phenoxy) is 2. The van der Waals surface area contributed by atoms with Gasteiger partial charge in [0.1, 0.15) is 11.7 Å². The Morgan fingerprint density at radius 1 is 1.06 bits per heavy atom. The molecule has 4 unspecified atom stereocenters. The van der Waals surface area contributed by atoms with Gasteiger partial charge in [-0.2, -0.15) is 0 Å². The zero-order valence-electron chi connectivity index (χ0n) is 29.4. The Hall–Kier alpha value is -3.27. The minimum absolute atomic E-state index is 0.146. The molecule has 9 nitrogen and oxygen atoms in total. The summed E-state index contributed by atoms with van der Waals surface area (Å²) in [7, 11) is 0. The molecule has 1 saturated carbocycles. The number of amides is 1. The van der Waals surface area contributed by atoms with Gasteiger partial charge in [-0.1, -0.05) is 82.1 Å². The third kappa shape index (κ3) is 11.4. The fraction of sp³-hybridized carbons (Fsp3) is 0.615. The third-order valence-electron chi connectivity index (χ3n) is 10.0. The second kappa shape index (κ2) is 18.5. The van der Waals surface area contributed by atoms with Gasteiger partial charge in [-0.15, -0.1) is 0 Å². The summed E-state index contributed by atoms with van der Waals surface area (Å²) in [6.07, 6.45) is 19.9. The molecule has 4 rings (SSSR count). The number of aromatic nitrogens is 1. The highest BCUT2D eigenvalue weighted by atomic mass is 16.6. The van der Waals surface area contributed by atoms with Crippen molar-refractivity contribution in [3.8, 4) is 0 Å². The highest BCUT2D eigenvalue weighted by molar-refractivity contribution is 5.70. The van der Waals surface area contributed by atoms with Crippen LogP contribution in [0.25, 0.3) is 0 Å². The number of hydrogen-bond acceptors (Lipinski definition) is 8. The molecule has 1 amide bonds. The fourth-order valence-corrected chi connectivity index (χ4v) is 6.87. The van der Waals surface area contributed by atoms with E-state index in [0.29, 0.717) is 19.1 Å². The van der Waals surface area contributed by atoms with Gasteiger partial charge in [-0.05, 0) is 63.3 Å².